The highest BCUT2D eigenvalue weighted by Gasteiger charge is 2.04. The minimum Gasteiger partial charge on any atom is -0.343 e. The minimum absolute atomic E-state index is 0.602. The lowest BCUT2D eigenvalue weighted by molar-refractivity contribution is 0.999. The van der Waals surface area contributed by atoms with Crippen LogP contribution in [0.5, 0.6) is 0 Å². The van der Waals surface area contributed by atoms with Crippen LogP contribution in [-0.2, 0) is 6.42 Å². The van der Waals surface area contributed by atoms with Crippen molar-refractivity contribution in [1.29, 1.82) is 0 Å². The van der Waals surface area contributed by atoms with E-state index in [0.717, 1.165) is 34.5 Å². The van der Waals surface area contributed by atoms with Crippen molar-refractivity contribution in [3.05, 3.63) is 47.0 Å². The molecule has 0 spiro atoms. The van der Waals surface area contributed by atoms with Crippen molar-refractivity contribution in [3.8, 4) is 11.4 Å². The van der Waals surface area contributed by atoms with Gasteiger partial charge < -0.3 is 4.98 Å². The van der Waals surface area contributed by atoms with Gasteiger partial charge in [-0.25, -0.2) is 4.98 Å². The average Bonchev–Trinajstić information content (AvgIpc) is 2.46. The molecule has 3 aromatic rings. The van der Waals surface area contributed by atoms with Gasteiger partial charge in [0, 0.05) is 23.7 Å². The molecule has 0 atom stereocenters. The number of nitrogens with zero attached hydrogens (tertiary/aromatic N) is 3. The number of hydrogen-bond acceptors (Lipinski definition) is 4. The summed E-state index contributed by atoms with van der Waals surface area (Å²) in [7, 11) is 0. The van der Waals surface area contributed by atoms with E-state index in [-0.39, 0.29) is 0 Å². The molecule has 0 saturated carbocycles. The fourth-order valence-electron chi connectivity index (χ4n) is 1.95. The molecular formula is C14H12N4S. The van der Waals surface area contributed by atoms with Crippen molar-refractivity contribution < 1.29 is 0 Å². The molecule has 0 radical (unpaired) electrons. The van der Waals surface area contributed by atoms with Crippen LogP contribution in [0, 0.1) is 4.64 Å². The number of benzene rings is 1. The first-order valence-corrected chi connectivity index (χ1v) is 6.48. The van der Waals surface area contributed by atoms with Gasteiger partial charge in [-0.3, -0.25) is 9.97 Å². The van der Waals surface area contributed by atoms with E-state index < -0.39 is 0 Å². The number of aryl methyl sites for hydroxylation is 1. The molecule has 4 nitrogen and oxygen atoms in total. The van der Waals surface area contributed by atoms with Crippen LogP contribution < -0.4 is 0 Å². The molecule has 5 heteroatoms. The van der Waals surface area contributed by atoms with Gasteiger partial charge in [0.05, 0.1) is 11.0 Å². The van der Waals surface area contributed by atoms with Crippen molar-refractivity contribution >= 4 is 23.3 Å². The van der Waals surface area contributed by atoms with Crippen molar-refractivity contribution in [2.24, 2.45) is 0 Å². The first-order valence-electron chi connectivity index (χ1n) is 6.07. The number of aromatic nitrogens is 4. The van der Waals surface area contributed by atoms with Crippen LogP contribution in [0.15, 0.2) is 36.7 Å². The Morgan fingerprint density at radius 3 is 2.68 bits per heavy atom. The van der Waals surface area contributed by atoms with Gasteiger partial charge in [0.25, 0.3) is 0 Å². The highest BCUT2D eigenvalue weighted by molar-refractivity contribution is 7.71. The number of nitrogens with one attached hydrogen (secondary N) is 1. The molecule has 19 heavy (non-hydrogen) atoms. The summed E-state index contributed by atoms with van der Waals surface area (Å²) in [5, 5.41) is 0. The molecule has 0 bridgehead atoms. The minimum atomic E-state index is 0.602. The molecule has 0 unspecified atom stereocenters. The zero-order valence-electron chi connectivity index (χ0n) is 10.4. The molecule has 0 amide bonds. The van der Waals surface area contributed by atoms with E-state index >= 15 is 0 Å². The second-order valence-electron chi connectivity index (χ2n) is 4.21. The van der Waals surface area contributed by atoms with Gasteiger partial charge in [-0.1, -0.05) is 19.1 Å². The van der Waals surface area contributed by atoms with E-state index in [1.165, 1.54) is 0 Å². The molecule has 0 aliphatic rings. The van der Waals surface area contributed by atoms with Crippen LogP contribution in [0.2, 0.25) is 0 Å². The average molecular weight is 268 g/mol. The normalized spacial score (nSPS) is 10.8. The standard InChI is InChI=1S/C14H12N4S/c1-2-10-8-13(19)18-14(17-10)9-3-4-11-12(7-9)16-6-5-15-11/h3-8H,2H2,1H3,(H,17,18,19). The second-order valence-corrected chi connectivity index (χ2v) is 4.62. The van der Waals surface area contributed by atoms with Crippen molar-refractivity contribution in [2.75, 3.05) is 0 Å². The van der Waals surface area contributed by atoms with E-state index in [1.54, 1.807) is 12.4 Å². The summed E-state index contributed by atoms with van der Waals surface area (Å²) < 4.78 is 0.602. The molecule has 2 heterocycles. The number of hydrogen-bond donors (Lipinski definition) is 1. The van der Waals surface area contributed by atoms with E-state index in [4.69, 9.17) is 12.2 Å². The number of aromatic amines is 1. The Bertz CT molecular complexity index is 795. The third-order valence-corrected chi connectivity index (χ3v) is 3.13. The van der Waals surface area contributed by atoms with Crippen LogP contribution in [0.1, 0.15) is 12.6 Å². The second kappa shape index (κ2) is 4.85. The Hall–Kier alpha value is -2.14. The van der Waals surface area contributed by atoms with Gasteiger partial charge in [0.1, 0.15) is 10.5 Å². The van der Waals surface area contributed by atoms with Gasteiger partial charge >= 0.3 is 0 Å². The molecular weight excluding hydrogens is 256 g/mol. The van der Waals surface area contributed by atoms with Gasteiger partial charge in [0.15, 0.2) is 0 Å². The Morgan fingerprint density at radius 1 is 1.11 bits per heavy atom. The third-order valence-electron chi connectivity index (χ3n) is 2.92. The SMILES string of the molecule is CCc1cc(=S)nc(-c2ccc3nccnc3c2)[nH]1. The maximum Gasteiger partial charge on any atom is 0.139 e. The van der Waals surface area contributed by atoms with Crippen molar-refractivity contribution in [2.45, 2.75) is 13.3 Å². The Balaban J connectivity index is 2.18. The van der Waals surface area contributed by atoms with Crippen molar-refractivity contribution in [3.63, 3.8) is 0 Å². The van der Waals surface area contributed by atoms with Gasteiger partial charge in [0.2, 0.25) is 0 Å². The lowest BCUT2D eigenvalue weighted by Gasteiger charge is -2.05. The lowest BCUT2D eigenvalue weighted by Crippen LogP contribution is -1.95. The number of fused-ring (bicyclic) bond motifs is 1. The molecule has 94 valence electrons. The Morgan fingerprint density at radius 2 is 1.89 bits per heavy atom. The van der Waals surface area contributed by atoms with Crippen LogP contribution in [0.3, 0.4) is 0 Å². The summed E-state index contributed by atoms with van der Waals surface area (Å²) in [6.45, 7) is 2.08. The van der Waals surface area contributed by atoms with Crippen LogP contribution in [0.4, 0.5) is 0 Å². The Kier molecular flexibility index (Phi) is 3.05. The molecule has 0 fully saturated rings. The summed E-state index contributed by atoms with van der Waals surface area (Å²) >= 11 is 5.19. The maximum absolute atomic E-state index is 5.19. The highest BCUT2D eigenvalue weighted by atomic mass is 32.1. The highest BCUT2D eigenvalue weighted by Crippen LogP contribution is 2.19. The third kappa shape index (κ3) is 2.37. The zero-order valence-corrected chi connectivity index (χ0v) is 11.2. The fourth-order valence-corrected chi connectivity index (χ4v) is 2.18. The van der Waals surface area contributed by atoms with Crippen LogP contribution in [0.25, 0.3) is 22.4 Å². The number of H-pyrrole nitrogens is 1. The molecule has 3 rings (SSSR count). The molecule has 0 saturated heterocycles. The molecule has 1 N–H and O–H groups in total. The lowest BCUT2D eigenvalue weighted by atomic mass is 10.1. The first-order chi connectivity index (χ1) is 9.26. The molecule has 0 aliphatic carbocycles. The van der Waals surface area contributed by atoms with Crippen LogP contribution >= 0.6 is 12.2 Å². The summed E-state index contributed by atoms with van der Waals surface area (Å²) in [6, 6.07) is 7.77. The molecule has 2 aromatic heterocycles. The first kappa shape index (κ1) is 11.9. The fraction of sp³-hybridized carbons (Fsp3) is 0.143. The van der Waals surface area contributed by atoms with Gasteiger partial charge in [-0.15, -0.1) is 0 Å². The van der Waals surface area contributed by atoms with Gasteiger partial charge in [-0.2, -0.15) is 0 Å². The van der Waals surface area contributed by atoms with Crippen LogP contribution in [-0.4, -0.2) is 19.9 Å². The summed E-state index contributed by atoms with van der Waals surface area (Å²) in [6.07, 6.45) is 4.27. The predicted octanol–water partition coefficient (Wildman–Crippen LogP) is 3.31. The Labute approximate surface area is 115 Å². The zero-order chi connectivity index (χ0) is 13.2. The van der Waals surface area contributed by atoms with E-state index in [1.807, 2.05) is 24.3 Å². The largest absolute Gasteiger partial charge is 0.343 e. The maximum atomic E-state index is 5.19. The summed E-state index contributed by atoms with van der Waals surface area (Å²) in [4.78, 5) is 16.2. The predicted molar refractivity (Wildman–Crippen MR) is 77.3 cm³/mol. The molecule has 1 aromatic carbocycles. The van der Waals surface area contributed by atoms with Crippen molar-refractivity contribution in [1.82, 2.24) is 19.9 Å². The van der Waals surface area contributed by atoms with E-state index in [9.17, 15) is 0 Å². The van der Waals surface area contributed by atoms with E-state index in [0.29, 0.717) is 4.64 Å². The smallest absolute Gasteiger partial charge is 0.139 e. The molecule has 0 aliphatic heterocycles. The van der Waals surface area contributed by atoms with Gasteiger partial charge in [-0.05, 0) is 30.7 Å². The number of rotatable bonds is 2. The summed E-state index contributed by atoms with van der Waals surface area (Å²) in [5.74, 6) is 0.775. The monoisotopic (exact) mass is 268 g/mol. The van der Waals surface area contributed by atoms with E-state index in [2.05, 4.69) is 26.9 Å². The quantitative estimate of drug-likeness (QED) is 0.724. The topological polar surface area (TPSA) is 54.5 Å². The summed E-state index contributed by atoms with van der Waals surface area (Å²) in [5.41, 5.74) is 3.77.